The maximum atomic E-state index is 12.6. The second-order valence-electron chi connectivity index (χ2n) is 12.9. The van der Waals surface area contributed by atoms with Crippen molar-refractivity contribution in [3.63, 3.8) is 0 Å². The van der Waals surface area contributed by atoms with Gasteiger partial charge < -0.3 is 9.47 Å². The molecule has 0 bridgehead atoms. The lowest BCUT2D eigenvalue weighted by molar-refractivity contribution is -0.383. The van der Waals surface area contributed by atoms with Crippen molar-refractivity contribution in [2.24, 2.45) is 11.8 Å². The van der Waals surface area contributed by atoms with Crippen LogP contribution in [0.4, 0.5) is 4.79 Å². The third-order valence-electron chi connectivity index (χ3n) is 7.63. The quantitative estimate of drug-likeness (QED) is 0.0440. The summed E-state index contributed by atoms with van der Waals surface area (Å²) in [6.45, 7) is 21.4. The van der Waals surface area contributed by atoms with Gasteiger partial charge in [0, 0.05) is 11.8 Å². The molecule has 0 spiro atoms. The van der Waals surface area contributed by atoms with Crippen molar-refractivity contribution in [1.82, 2.24) is 0 Å². The minimum atomic E-state index is -0.649. The van der Waals surface area contributed by atoms with Gasteiger partial charge in [0.25, 0.3) is 0 Å². The van der Waals surface area contributed by atoms with E-state index in [2.05, 4.69) is 55.4 Å². The maximum Gasteiger partial charge on any atom is 0.508 e. The summed E-state index contributed by atoms with van der Waals surface area (Å²) in [6.07, 6.45) is 13.7. The van der Waals surface area contributed by atoms with Crippen LogP contribution in [0.15, 0.2) is 0 Å². The predicted molar refractivity (Wildman–Crippen MR) is 163 cm³/mol. The molecule has 0 N–H and O–H groups in total. The molecular formula is C33H66O7. The van der Waals surface area contributed by atoms with Gasteiger partial charge in [0.2, 0.25) is 0 Å². The molecule has 7 heteroatoms. The number of carbonyl (C=O) groups is 1. The molecule has 0 fully saturated rings. The molecule has 0 aromatic carbocycles. The van der Waals surface area contributed by atoms with E-state index >= 15 is 0 Å². The molecule has 0 rings (SSSR count). The fourth-order valence-electron chi connectivity index (χ4n) is 4.49. The summed E-state index contributed by atoms with van der Waals surface area (Å²) in [6, 6.07) is 0. The van der Waals surface area contributed by atoms with Crippen molar-refractivity contribution in [3.8, 4) is 0 Å². The molecule has 0 aromatic heterocycles. The van der Waals surface area contributed by atoms with E-state index < -0.39 is 6.16 Å². The number of rotatable bonds is 26. The maximum absolute atomic E-state index is 12.6. The Labute approximate surface area is 247 Å². The fraction of sp³-hybridized carbons (Fsp3) is 0.970. The van der Waals surface area contributed by atoms with E-state index in [1.807, 2.05) is 13.8 Å². The van der Waals surface area contributed by atoms with Crippen LogP contribution in [0.25, 0.3) is 0 Å². The van der Waals surface area contributed by atoms with E-state index in [0.29, 0.717) is 0 Å². The van der Waals surface area contributed by atoms with E-state index in [1.54, 1.807) is 0 Å². The van der Waals surface area contributed by atoms with Crippen LogP contribution in [0.5, 0.6) is 0 Å². The fourth-order valence-corrected chi connectivity index (χ4v) is 4.49. The lowest BCUT2D eigenvalue weighted by Crippen LogP contribution is -2.33. The van der Waals surface area contributed by atoms with Crippen LogP contribution < -0.4 is 0 Å². The minimum Gasteiger partial charge on any atom is -0.434 e. The van der Waals surface area contributed by atoms with Gasteiger partial charge in [0.15, 0.2) is 0 Å². The van der Waals surface area contributed by atoms with Crippen LogP contribution in [0.1, 0.15) is 159 Å². The summed E-state index contributed by atoms with van der Waals surface area (Å²) in [4.78, 5) is 35.9. The molecule has 0 amide bonds. The van der Waals surface area contributed by atoms with Crippen LogP contribution in [0, 0.1) is 11.8 Å². The Morgan fingerprint density at radius 2 is 0.925 bits per heavy atom. The average Bonchev–Trinajstić information content (AvgIpc) is 2.90. The van der Waals surface area contributed by atoms with E-state index in [4.69, 9.17) is 29.0 Å². The molecule has 0 aliphatic rings. The molecule has 7 nitrogen and oxygen atoms in total. The van der Waals surface area contributed by atoms with Crippen LogP contribution in [-0.2, 0) is 29.0 Å². The molecule has 4 atom stereocenters. The van der Waals surface area contributed by atoms with E-state index in [-0.39, 0.29) is 48.5 Å². The first-order chi connectivity index (χ1) is 18.9. The highest BCUT2D eigenvalue weighted by Gasteiger charge is 2.28. The Morgan fingerprint density at radius 3 is 1.25 bits per heavy atom. The van der Waals surface area contributed by atoms with Crippen molar-refractivity contribution in [2.75, 3.05) is 13.2 Å². The highest BCUT2D eigenvalue weighted by atomic mass is 17.2. The molecule has 40 heavy (non-hydrogen) atoms. The van der Waals surface area contributed by atoms with Crippen LogP contribution in [-0.4, -0.2) is 42.8 Å². The van der Waals surface area contributed by atoms with Gasteiger partial charge in [-0.2, -0.15) is 0 Å². The molecule has 0 aliphatic heterocycles. The van der Waals surface area contributed by atoms with Gasteiger partial charge in [-0.1, -0.05) is 91.9 Å². The number of carbonyl (C=O) groups excluding carboxylic acids is 1. The van der Waals surface area contributed by atoms with Crippen LogP contribution in [0.2, 0.25) is 0 Å². The van der Waals surface area contributed by atoms with E-state index in [1.165, 1.54) is 25.7 Å². The van der Waals surface area contributed by atoms with Gasteiger partial charge in [-0.3, -0.25) is 0 Å². The second kappa shape index (κ2) is 22.7. The highest BCUT2D eigenvalue weighted by molar-refractivity contribution is 5.59. The highest BCUT2D eigenvalue weighted by Crippen LogP contribution is 2.25. The van der Waals surface area contributed by atoms with Crippen LogP contribution >= 0.6 is 0 Å². The van der Waals surface area contributed by atoms with Gasteiger partial charge in [0.05, 0.1) is 23.4 Å². The Hall–Kier alpha value is -0.890. The smallest absolute Gasteiger partial charge is 0.434 e. The molecule has 0 aliphatic carbocycles. The standard InChI is InChI=1S/C33H66O7/c1-11-15-19-23-32(7,8)39-37-27(5)29(21-17-13-3)25-35-31(34)36-26-30(22-18-14-4)28(6)38-40-33(9,10)24-20-16-12-2/h27-30H,11-26H2,1-10H3. The Bertz CT molecular complexity index is 558. The summed E-state index contributed by atoms with van der Waals surface area (Å²) in [5.74, 6) is 0.0563. The summed E-state index contributed by atoms with van der Waals surface area (Å²) >= 11 is 0. The monoisotopic (exact) mass is 574 g/mol. The molecule has 0 heterocycles. The second-order valence-corrected chi connectivity index (χ2v) is 12.9. The molecular weight excluding hydrogens is 508 g/mol. The lowest BCUT2D eigenvalue weighted by Gasteiger charge is -2.29. The third kappa shape index (κ3) is 20.1. The number of ether oxygens (including phenoxy) is 2. The van der Waals surface area contributed by atoms with Gasteiger partial charge >= 0.3 is 6.16 Å². The van der Waals surface area contributed by atoms with Gasteiger partial charge in [-0.15, -0.1) is 0 Å². The summed E-state index contributed by atoms with van der Waals surface area (Å²) in [5.41, 5.74) is -0.696. The first kappa shape index (κ1) is 39.1. The SMILES string of the molecule is CCCCCC(C)(C)OOC(C)C(CCCC)COC(=O)OCC(CCCC)C(C)OOC(C)(C)CCCCC. The first-order valence-corrected chi connectivity index (χ1v) is 16.4. The summed E-state index contributed by atoms with van der Waals surface area (Å²) in [5, 5.41) is 0. The number of unbranched alkanes of at least 4 members (excludes halogenated alkanes) is 6. The zero-order chi connectivity index (χ0) is 30.4. The molecule has 0 saturated carbocycles. The molecule has 0 saturated heterocycles. The lowest BCUT2D eigenvalue weighted by atomic mass is 9.98. The van der Waals surface area contributed by atoms with Crippen LogP contribution in [0.3, 0.4) is 0 Å². The normalized spacial score (nSPS) is 15.4. The van der Waals surface area contributed by atoms with Crippen molar-refractivity contribution in [3.05, 3.63) is 0 Å². The van der Waals surface area contributed by atoms with Gasteiger partial charge in [-0.05, 0) is 67.2 Å². The summed E-state index contributed by atoms with van der Waals surface area (Å²) in [7, 11) is 0. The molecule has 0 radical (unpaired) electrons. The topological polar surface area (TPSA) is 72.5 Å². The van der Waals surface area contributed by atoms with Crippen molar-refractivity contribution in [1.29, 1.82) is 0 Å². The molecule has 4 unspecified atom stereocenters. The first-order valence-electron chi connectivity index (χ1n) is 16.4. The number of hydrogen-bond acceptors (Lipinski definition) is 7. The Kier molecular flexibility index (Phi) is 22.2. The van der Waals surface area contributed by atoms with Crippen molar-refractivity contribution in [2.45, 2.75) is 183 Å². The zero-order valence-corrected chi connectivity index (χ0v) is 28.0. The predicted octanol–water partition coefficient (Wildman–Crippen LogP) is 10.1. The Balaban J connectivity index is 4.82. The largest absolute Gasteiger partial charge is 0.508 e. The minimum absolute atomic E-state index is 0.0282. The van der Waals surface area contributed by atoms with Crippen molar-refractivity contribution < 1.29 is 33.8 Å². The number of hydrogen-bond donors (Lipinski definition) is 0. The zero-order valence-electron chi connectivity index (χ0n) is 28.0. The van der Waals surface area contributed by atoms with E-state index in [0.717, 1.165) is 64.2 Å². The van der Waals surface area contributed by atoms with E-state index in [9.17, 15) is 4.79 Å². The van der Waals surface area contributed by atoms with Gasteiger partial charge in [-0.25, -0.2) is 24.3 Å². The molecule has 0 aromatic rings. The van der Waals surface area contributed by atoms with Crippen molar-refractivity contribution >= 4 is 6.16 Å². The Morgan fingerprint density at radius 1 is 0.575 bits per heavy atom. The third-order valence-corrected chi connectivity index (χ3v) is 7.63. The van der Waals surface area contributed by atoms with Gasteiger partial charge in [0.1, 0.15) is 13.2 Å². The molecule has 240 valence electrons. The average molecular weight is 575 g/mol. The summed E-state index contributed by atoms with van der Waals surface area (Å²) < 4.78 is 11.1.